The Morgan fingerprint density at radius 3 is 2.23 bits per heavy atom. The van der Waals surface area contributed by atoms with E-state index in [9.17, 15) is 22.4 Å². The van der Waals surface area contributed by atoms with Gasteiger partial charge in [-0.25, -0.2) is 24.9 Å². The van der Waals surface area contributed by atoms with Crippen molar-refractivity contribution in [3.8, 4) is 10.6 Å². The molecular formula is C24H24F4N8OS2. The zero-order chi connectivity index (χ0) is 28.2. The number of amides is 1. The molecular weight excluding hydrogens is 556 g/mol. The van der Waals surface area contributed by atoms with E-state index in [1.807, 2.05) is 19.2 Å². The molecule has 5 rings (SSSR count). The van der Waals surface area contributed by atoms with Crippen LogP contribution < -0.4 is 10.2 Å². The Morgan fingerprint density at radius 2 is 1.67 bits per heavy atom. The largest absolute Gasteiger partial charge is 0.419 e. The Hall–Kier alpha value is -3.72. The normalized spacial score (nSPS) is 13.6. The summed E-state index contributed by atoms with van der Waals surface area (Å²) in [4.78, 5) is 38.5. The van der Waals surface area contributed by atoms with Gasteiger partial charge in [0.25, 0.3) is 5.91 Å². The predicted octanol–water partition coefficient (Wildman–Crippen LogP) is 5.38. The van der Waals surface area contributed by atoms with Gasteiger partial charge in [0.05, 0.1) is 39.6 Å². The van der Waals surface area contributed by atoms with Gasteiger partial charge in [-0.1, -0.05) is 0 Å². The lowest BCUT2D eigenvalue weighted by Crippen LogP contribution is -2.49. The summed E-state index contributed by atoms with van der Waals surface area (Å²) in [5.41, 5.74) is 1.37. The third-order valence-electron chi connectivity index (χ3n) is 5.70. The Morgan fingerprint density at radius 1 is 0.974 bits per heavy atom. The Kier molecular flexibility index (Phi) is 8.70. The van der Waals surface area contributed by atoms with Gasteiger partial charge in [-0.3, -0.25) is 9.18 Å². The van der Waals surface area contributed by atoms with Crippen LogP contribution in [0.2, 0.25) is 0 Å². The quantitative estimate of drug-likeness (QED) is 0.314. The molecule has 1 amide bonds. The molecule has 39 heavy (non-hydrogen) atoms. The van der Waals surface area contributed by atoms with Crippen LogP contribution in [0.1, 0.15) is 26.6 Å². The molecule has 0 aromatic carbocycles. The number of piperazine rings is 1. The monoisotopic (exact) mass is 580 g/mol. The van der Waals surface area contributed by atoms with Crippen LogP contribution in [0, 0.1) is 13.8 Å². The number of rotatable bonds is 5. The van der Waals surface area contributed by atoms with Crippen molar-refractivity contribution in [3.05, 3.63) is 57.9 Å². The van der Waals surface area contributed by atoms with E-state index in [1.165, 1.54) is 17.5 Å². The first-order chi connectivity index (χ1) is 18.7. The molecule has 1 fully saturated rings. The van der Waals surface area contributed by atoms with Crippen molar-refractivity contribution in [3.63, 3.8) is 0 Å². The Bertz CT molecular complexity index is 1400. The highest BCUT2D eigenvalue weighted by Gasteiger charge is 2.32. The number of pyridine rings is 1. The molecule has 15 heteroatoms. The van der Waals surface area contributed by atoms with E-state index in [1.54, 1.807) is 33.3 Å². The van der Waals surface area contributed by atoms with E-state index in [2.05, 4.69) is 30.2 Å². The van der Waals surface area contributed by atoms with Crippen LogP contribution >= 0.6 is 22.7 Å². The smallest absolute Gasteiger partial charge is 0.337 e. The van der Waals surface area contributed by atoms with Gasteiger partial charge in [0.15, 0.2) is 5.13 Å². The Labute approximate surface area is 229 Å². The third-order valence-corrected chi connectivity index (χ3v) is 7.55. The fourth-order valence-electron chi connectivity index (χ4n) is 3.83. The second-order valence-electron chi connectivity index (χ2n) is 8.29. The minimum absolute atomic E-state index is 0.167. The maximum absolute atomic E-state index is 12.9. The summed E-state index contributed by atoms with van der Waals surface area (Å²) in [6.07, 6.45) is -1.42. The van der Waals surface area contributed by atoms with E-state index in [-0.39, 0.29) is 11.9 Å². The summed E-state index contributed by atoms with van der Waals surface area (Å²) in [5.74, 6) is 0.613. The van der Waals surface area contributed by atoms with Crippen molar-refractivity contribution in [2.45, 2.75) is 20.0 Å². The first-order valence-electron chi connectivity index (χ1n) is 11.6. The molecule has 1 N–H and O–H groups in total. The molecule has 0 saturated carbocycles. The number of thiazole rings is 2. The van der Waals surface area contributed by atoms with Crippen molar-refractivity contribution < 1.29 is 22.4 Å². The lowest BCUT2D eigenvalue weighted by atomic mass is 10.2. The molecule has 0 unspecified atom stereocenters. The second-order valence-corrected chi connectivity index (χ2v) is 10.4. The molecule has 206 valence electrons. The second kappa shape index (κ2) is 12.0. The first-order valence-corrected chi connectivity index (χ1v) is 13.3. The van der Waals surface area contributed by atoms with Crippen molar-refractivity contribution in [1.29, 1.82) is 0 Å². The molecule has 5 heterocycles. The number of aryl methyl sites for hydroxylation is 2. The minimum atomic E-state index is -4.48. The van der Waals surface area contributed by atoms with E-state index in [4.69, 9.17) is 0 Å². The van der Waals surface area contributed by atoms with Crippen LogP contribution in [0.3, 0.4) is 0 Å². The standard InChI is InChI=1S/C23H21F3N8OS2.CH3F/c1-13-19(37-14(2)30-13)17-12-36-22(31-17)32-18-4-3-15(9-27-18)20(35)33-5-7-34(8-6-33)21-28-10-16(11-29-21)23(24,25)26;1-2/h3-4,9-12H,5-8H2,1-2H3,(H,27,31,32);1H3. The summed E-state index contributed by atoms with van der Waals surface area (Å²) in [6.45, 7) is 5.53. The lowest BCUT2D eigenvalue weighted by molar-refractivity contribution is -0.138. The van der Waals surface area contributed by atoms with Crippen LogP contribution in [-0.4, -0.2) is 69.1 Å². The number of nitrogens with zero attached hydrogens (tertiary/aromatic N) is 7. The molecule has 0 atom stereocenters. The number of aromatic nitrogens is 5. The number of hydrogen-bond donors (Lipinski definition) is 1. The van der Waals surface area contributed by atoms with Crippen molar-refractivity contribution in [1.82, 2.24) is 29.8 Å². The minimum Gasteiger partial charge on any atom is -0.337 e. The first kappa shape index (κ1) is 28.3. The molecule has 4 aromatic heterocycles. The summed E-state index contributed by atoms with van der Waals surface area (Å²) in [6, 6.07) is 3.43. The topological polar surface area (TPSA) is 100 Å². The maximum Gasteiger partial charge on any atom is 0.419 e. The molecule has 0 radical (unpaired) electrons. The fourth-order valence-corrected chi connectivity index (χ4v) is 5.49. The number of anilines is 3. The number of nitrogens with one attached hydrogen (secondary N) is 1. The highest BCUT2D eigenvalue weighted by Crippen LogP contribution is 2.33. The third kappa shape index (κ3) is 6.65. The van der Waals surface area contributed by atoms with Gasteiger partial charge in [0.2, 0.25) is 5.95 Å². The van der Waals surface area contributed by atoms with Crippen molar-refractivity contribution in [2.24, 2.45) is 0 Å². The lowest BCUT2D eigenvalue weighted by Gasteiger charge is -2.34. The molecule has 0 spiro atoms. The number of halogens is 4. The molecule has 9 nitrogen and oxygen atoms in total. The summed E-state index contributed by atoms with van der Waals surface area (Å²) in [7, 11) is 0.500. The van der Waals surface area contributed by atoms with Crippen LogP contribution in [0.25, 0.3) is 10.6 Å². The Balaban J connectivity index is 0.00000172. The summed E-state index contributed by atoms with van der Waals surface area (Å²) >= 11 is 3.06. The highest BCUT2D eigenvalue weighted by molar-refractivity contribution is 7.16. The fraction of sp³-hybridized carbons (Fsp3) is 0.333. The molecule has 1 aliphatic rings. The van der Waals surface area contributed by atoms with Crippen molar-refractivity contribution in [2.75, 3.05) is 43.6 Å². The van der Waals surface area contributed by atoms with E-state index in [0.29, 0.717) is 49.9 Å². The van der Waals surface area contributed by atoms with Gasteiger partial charge in [0, 0.05) is 50.1 Å². The SMILES string of the molecule is CF.Cc1nc(C)c(-c2csc(Nc3ccc(C(=O)N4CCN(c5ncc(C(F)(F)F)cn5)CC4)cn3)n2)s1. The van der Waals surface area contributed by atoms with Crippen LogP contribution in [0.4, 0.5) is 34.5 Å². The van der Waals surface area contributed by atoms with Crippen LogP contribution in [-0.2, 0) is 6.18 Å². The van der Waals surface area contributed by atoms with Gasteiger partial charge in [-0.15, -0.1) is 22.7 Å². The molecule has 1 aliphatic heterocycles. The number of carbonyl (C=O) groups is 1. The number of alkyl halides is 4. The molecule has 0 aliphatic carbocycles. The van der Waals surface area contributed by atoms with Crippen molar-refractivity contribution >= 4 is 45.5 Å². The van der Waals surface area contributed by atoms with Crippen LogP contribution in [0.5, 0.6) is 0 Å². The average Bonchev–Trinajstić information content (AvgIpc) is 3.54. The summed E-state index contributed by atoms with van der Waals surface area (Å²) in [5, 5.41) is 6.82. The van der Waals surface area contributed by atoms with E-state index < -0.39 is 11.7 Å². The maximum atomic E-state index is 12.9. The average molecular weight is 581 g/mol. The van der Waals surface area contributed by atoms with Crippen LogP contribution in [0.15, 0.2) is 36.1 Å². The van der Waals surface area contributed by atoms with Gasteiger partial charge in [-0.05, 0) is 26.0 Å². The number of carbonyl (C=O) groups excluding carboxylic acids is 1. The zero-order valence-electron chi connectivity index (χ0n) is 21.2. The van der Waals surface area contributed by atoms with Gasteiger partial charge in [-0.2, -0.15) is 13.2 Å². The zero-order valence-corrected chi connectivity index (χ0v) is 22.8. The summed E-state index contributed by atoms with van der Waals surface area (Å²) < 4.78 is 47.7. The van der Waals surface area contributed by atoms with E-state index in [0.717, 1.165) is 33.7 Å². The van der Waals surface area contributed by atoms with Gasteiger partial charge in [0.1, 0.15) is 5.82 Å². The molecule has 1 saturated heterocycles. The molecule has 0 bridgehead atoms. The molecule has 4 aromatic rings. The number of hydrogen-bond acceptors (Lipinski definition) is 10. The van der Waals surface area contributed by atoms with E-state index >= 15 is 0 Å². The van der Waals surface area contributed by atoms with Gasteiger partial charge < -0.3 is 15.1 Å². The predicted molar refractivity (Wildman–Crippen MR) is 142 cm³/mol. The highest BCUT2D eigenvalue weighted by atomic mass is 32.1. The van der Waals surface area contributed by atoms with Gasteiger partial charge >= 0.3 is 6.18 Å².